The lowest BCUT2D eigenvalue weighted by Crippen LogP contribution is -2.00. The van der Waals surface area contributed by atoms with Crippen molar-refractivity contribution in [1.82, 2.24) is 9.97 Å². The van der Waals surface area contributed by atoms with Gasteiger partial charge in [0.2, 0.25) is 0 Å². The zero-order valence-electron chi connectivity index (χ0n) is 15.8. The van der Waals surface area contributed by atoms with Crippen LogP contribution in [0.25, 0.3) is 33.9 Å². The smallest absolute Gasteiger partial charge is 0.160 e. The Morgan fingerprint density at radius 3 is 2.04 bits per heavy atom. The molecule has 138 valence electrons. The minimum Gasteiger partial charge on any atom is -0.507 e. The first-order valence-corrected chi connectivity index (χ1v) is 9.04. The van der Waals surface area contributed by atoms with Gasteiger partial charge in [0, 0.05) is 22.3 Å². The van der Waals surface area contributed by atoms with E-state index in [-0.39, 0.29) is 5.75 Å². The number of phenols is 1. The number of ether oxygens (including phenoxy) is 1. The molecule has 28 heavy (non-hydrogen) atoms. The summed E-state index contributed by atoms with van der Waals surface area (Å²) in [5, 5.41) is 10.4. The van der Waals surface area contributed by atoms with Gasteiger partial charge >= 0.3 is 0 Å². The Kier molecular flexibility index (Phi) is 4.77. The minimum atomic E-state index is 0.198. The SMILES string of the molecule is COc1ccc(-c2nc(-c3ccccc3)c(C)c(-c3ccccc3O)n2)cc1. The number of rotatable bonds is 4. The van der Waals surface area contributed by atoms with Crippen LogP contribution in [0.2, 0.25) is 0 Å². The highest BCUT2D eigenvalue weighted by Crippen LogP contribution is 2.35. The molecule has 4 nitrogen and oxygen atoms in total. The maximum absolute atomic E-state index is 10.4. The molecule has 0 bridgehead atoms. The molecule has 4 heteroatoms. The van der Waals surface area contributed by atoms with E-state index in [2.05, 4.69) is 0 Å². The normalized spacial score (nSPS) is 10.6. The van der Waals surface area contributed by atoms with E-state index in [9.17, 15) is 5.11 Å². The van der Waals surface area contributed by atoms with Crippen molar-refractivity contribution in [1.29, 1.82) is 0 Å². The summed E-state index contributed by atoms with van der Waals surface area (Å²) in [7, 11) is 1.64. The highest BCUT2D eigenvalue weighted by molar-refractivity contribution is 5.78. The Bertz CT molecular complexity index is 1110. The molecule has 1 aromatic heterocycles. The summed E-state index contributed by atoms with van der Waals surface area (Å²) in [5.41, 5.74) is 5.07. The Morgan fingerprint density at radius 2 is 1.36 bits per heavy atom. The predicted molar refractivity (Wildman–Crippen MR) is 111 cm³/mol. The van der Waals surface area contributed by atoms with Gasteiger partial charge in [0.05, 0.1) is 18.5 Å². The molecule has 1 heterocycles. The van der Waals surface area contributed by atoms with E-state index >= 15 is 0 Å². The predicted octanol–water partition coefficient (Wildman–Crippen LogP) is 5.50. The lowest BCUT2D eigenvalue weighted by Gasteiger charge is -2.14. The average molecular weight is 368 g/mol. The summed E-state index contributed by atoms with van der Waals surface area (Å²) in [4.78, 5) is 9.65. The van der Waals surface area contributed by atoms with Crippen molar-refractivity contribution in [2.45, 2.75) is 6.92 Å². The molecule has 0 atom stereocenters. The number of nitrogens with zero attached hydrogens (tertiary/aromatic N) is 2. The third-order valence-electron chi connectivity index (χ3n) is 4.70. The number of aromatic hydroxyl groups is 1. The second kappa shape index (κ2) is 7.53. The molecule has 0 unspecified atom stereocenters. The van der Waals surface area contributed by atoms with Crippen LogP contribution < -0.4 is 4.74 Å². The Labute approximate surface area is 164 Å². The summed E-state index contributed by atoms with van der Waals surface area (Å²) < 4.78 is 5.25. The van der Waals surface area contributed by atoms with E-state index in [1.54, 1.807) is 19.2 Å². The maximum Gasteiger partial charge on any atom is 0.160 e. The fourth-order valence-corrected chi connectivity index (χ4v) is 3.20. The number of aromatic nitrogens is 2. The van der Waals surface area contributed by atoms with Crippen molar-refractivity contribution in [3.63, 3.8) is 0 Å². The van der Waals surface area contributed by atoms with Crippen LogP contribution in [0.3, 0.4) is 0 Å². The standard InChI is InChI=1S/C24H20N2O2/c1-16-22(17-8-4-3-5-9-17)25-24(18-12-14-19(28-2)15-13-18)26-23(16)20-10-6-7-11-21(20)27/h3-15,27H,1-2H3. The van der Waals surface area contributed by atoms with Gasteiger partial charge < -0.3 is 9.84 Å². The number of benzene rings is 3. The molecule has 0 aliphatic heterocycles. The fraction of sp³-hybridized carbons (Fsp3) is 0.0833. The second-order valence-corrected chi connectivity index (χ2v) is 6.48. The van der Waals surface area contributed by atoms with E-state index in [4.69, 9.17) is 14.7 Å². The van der Waals surface area contributed by atoms with Crippen LogP contribution >= 0.6 is 0 Å². The molecular weight excluding hydrogens is 348 g/mol. The van der Waals surface area contributed by atoms with Crippen LogP contribution in [-0.4, -0.2) is 22.2 Å². The molecule has 0 saturated carbocycles. The van der Waals surface area contributed by atoms with Crippen LogP contribution in [0, 0.1) is 6.92 Å². The van der Waals surface area contributed by atoms with Gasteiger partial charge in [0.15, 0.2) is 5.82 Å². The molecule has 0 fully saturated rings. The highest BCUT2D eigenvalue weighted by atomic mass is 16.5. The molecule has 0 radical (unpaired) electrons. The van der Waals surface area contributed by atoms with E-state index < -0.39 is 0 Å². The van der Waals surface area contributed by atoms with Crippen LogP contribution in [0.4, 0.5) is 0 Å². The van der Waals surface area contributed by atoms with Gasteiger partial charge in [0.1, 0.15) is 11.5 Å². The summed E-state index contributed by atoms with van der Waals surface area (Å²) in [6, 6.07) is 24.9. The zero-order valence-corrected chi connectivity index (χ0v) is 15.8. The van der Waals surface area contributed by atoms with Gasteiger partial charge in [-0.3, -0.25) is 0 Å². The third kappa shape index (κ3) is 3.32. The van der Waals surface area contributed by atoms with Gasteiger partial charge in [-0.15, -0.1) is 0 Å². The Hall–Kier alpha value is -3.66. The van der Waals surface area contributed by atoms with Gasteiger partial charge in [-0.1, -0.05) is 42.5 Å². The molecule has 0 amide bonds. The number of hydrogen-bond donors (Lipinski definition) is 1. The van der Waals surface area contributed by atoms with Crippen molar-refractivity contribution in [2.75, 3.05) is 7.11 Å². The van der Waals surface area contributed by atoms with E-state index in [0.717, 1.165) is 33.8 Å². The minimum absolute atomic E-state index is 0.198. The number of hydrogen-bond acceptors (Lipinski definition) is 4. The van der Waals surface area contributed by atoms with Crippen molar-refractivity contribution in [2.24, 2.45) is 0 Å². The lowest BCUT2D eigenvalue weighted by atomic mass is 10.00. The topological polar surface area (TPSA) is 55.2 Å². The molecule has 0 spiro atoms. The van der Waals surface area contributed by atoms with Crippen molar-refractivity contribution < 1.29 is 9.84 Å². The van der Waals surface area contributed by atoms with Crippen molar-refractivity contribution >= 4 is 0 Å². The van der Waals surface area contributed by atoms with Crippen molar-refractivity contribution in [3.8, 4) is 45.4 Å². The average Bonchev–Trinajstić information content (AvgIpc) is 2.75. The molecule has 4 rings (SSSR count). The molecular formula is C24H20N2O2. The summed E-state index contributed by atoms with van der Waals surface area (Å²) in [6.45, 7) is 1.99. The summed E-state index contributed by atoms with van der Waals surface area (Å²) in [5.74, 6) is 1.58. The Morgan fingerprint density at radius 1 is 0.714 bits per heavy atom. The molecule has 0 saturated heterocycles. The number of phenolic OH excluding ortho intramolecular Hbond substituents is 1. The van der Waals surface area contributed by atoms with Crippen LogP contribution in [0.15, 0.2) is 78.9 Å². The largest absolute Gasteiger partial charge is 0.507 e. The Balaban J connectivity index is 1.96. The van der Waals surface area contributed by atoms with E-state index in [1.165, 1.54) is 0 Å². The number of methoxy groups -OCH3 is 1. The number of para-hydroxylation sites is 1. The highest BCUT2D eigenvalue weighted by Gasteiger charge is 2.17. The first-order chi connectivity index (χ1) is 13.7. The van der Waals surface area contributed by atoms with Gasteiger partial charge in [-0.05, 0) is 43.3 Å². The van der Waals surface area contributed by atoms with Crippen LogP contribution in [0.1, 0.15) is 5.56 Å². The maximum atomic E-state index is 10.4. The molecule has 3 aromatic carbocycles. The molecule has 4 aromatic rings. The van der Waals surface area contributed by atoms with Gasteiger partial charge in [-0.25, -0.2) is 9.97 Å². The van der Waals surface area contributed by atoms with Gasteiger partial charge in [-0.2, -0.15) is 0 Å². The molecule has 0 aliphatic carbocycles. The molecule has 0 aliphatic rings. The monoisotopic (exact) mass is 368 g/mol. The van der Waals surface area contributed by atoms with Crippen LogP contribution in [0.5, 0.6) is 11.5 Å². The summed E-state index contributed by atoms with van der Waals surface area (Å²) in [6.07, 6.45) is 0. The fourth-order valence-electron chi connectivity index (χ4n) is 3.20. The first-order valence-electron chi connectivity index (χ1n) is 9.04. The first kappa shape index (κ1) is 17.7. The lowest BCUT2D eigenvalue weighted by molar-refractivity contribution is 0.415. The van der Waals surface area contributed by atoms with Crippen molar-refractivity contribution in [3.05, 3.63) is 84.4 Å². The third-order valence-corrected chi connectivity index (χ3v) is 4.70. The second-order valence-electron chi connectivity index (χ2n) is 6.48. The zero-order chi connectivity index (χ0) is 19.5. The van der Waals surface area contributed by atoms with Gasteiger partial charge in [0.25, 0.3) is 0 Å². The van der Waals surface area contributed by atoms with E-state index in [1.807, 2.05) is 73.7 Å². The quantitative estimate of drug-likeness (QED) is 0.517. The summed E-state index contributed by atoms with van der Waals surface area (Å²) >= 11 is 0. The molecule has 1 N–H and O–H groups in total. The van der Waals surface area contributed by atoms with Crippen LogP contribution in [-0.2, 0) is 0 Å². The van der Waals surface area contributed by atoms with E-state index in [0.29, 0.717) is 11.4 Å².